The van der Waals surface area contributed by atoms with Gasteiger partial charge in [-0.3, -0.25) is 9.59 Å². The summed E-state index contributed by atoms with van der Waals surface area (Å²) in [5.74, 6) is -1.09. The number of hydrogen-bond acceptors (Lipinski definition) is 3. The molecule has 5 nitrogen and oxygen atoms in total. The van der Waals surface area contributed by atoms with Crippen LogP contribution in [0.4, 0.5) is 0 Å². The predicted octanol–water partition coefficient (Wildman–Crippen LogP) is 1.10. The van der Waals surface area contributed by atoms with Crippen LogP contribution in [0.15, 0.2) is 18.2 Å². The lowest BCUT2D eigenvalue weighted by molar-refractivity contribution is -0.140. The average molecular weight is 297 g/mol. The molecule has 0 radical (unpaired) electrons. The molecule has 0 saturated carbocycles. The Kier molecular flexibility index (Phi) is 4.01. The van der Waals surface area contributed by atoms with Crippen molar-refractivity contribution in [1.82, 2.24) is 4.90 Å². The van der Waals surface area contributed by atoms with E-state index in [9.17, 15) is 14.7 Å². The van der Waals surface area contributed by atoms with E-state index >= 15 is 0 Å². The van der Waals surface area contributed by atoms with Crippen LogP contribution in [-0.2, 0) is 4.79 Å². The molecule has 1 aliphatic rings. The van der Waals surface area contributed by atoms with Gasteiger partial charge < -0.3 is 15.7 Å². The number of halogens is 1. The summed E-state index contributed by atoms with van der Waals surface area (Å²) in [6, 6.07) is 5.20. The summed E-state index contributed by atoms with van der Waals surface area (Å²) in [6.45, 7) is 2.19. The van der Waals surface area contributed by atoms with Crippen molar-refractivity contribution in [3.8, 4) is 0 Å². The zero-order chi connectivity index (χ0) is 14.9. The van der Waals surface area contributed by atoms with Gasteiger partial charge in [-0.15, -0.1) is 0 Å². The fourth-order valence-corrected chi connectivity index (χ4v) is 2.60. The third-order valence-electron chi connectivity index (χ3n) is 3.64. The first-order valence-corrected chi connectivity index (χ1v) is 6.79. The largest absolute Gasteiger partial charge is 0.378 e. The average Bonchev–Trinajstić information content (AvgIpc) is 2.41. The Morgan fingerprint density at radius 1 is 1.45 bits per heavy atom. The van der Waals surface area contributed by atoms with Crippen LogP contribution in [-0.4, -0.2) is 40.5 Å². The minimum Gasteiger partial charge on any atom is -0.378 e. The van der Waals surface area contributed by atoms with Gasteiger partial charge in [-0.2, -0.15) is 0 Å². The zero-order valence-electron chi connectivity index (χ0n) is 11.2. The van der Waals surface area contributed by atoms with Crippen molar-refractivity contribution < 1.29 is 14.7 Å². The number of aryl methyl sites for hydroxylation is 1. The summed E-state index contributed by atoms with van der Waals surface area (Å²) in [5.41, 5.74) is 4.74. The normalized spacial score (nSPS) is 22.6. The lowest BCUT2D eigenvalue weighted by Gasteiger charge is -2.37. The Hall–Kier alpha value is -1.59. The summed E-state index contributed by atoms with van der Waals surface area (Å²) >= 11 is 6.14. The molecule has 2 rings (SSSR count). The molecule has 2 amide bonds. The van der Waals surface area contributed by atoms with Gasteiger partial charge in [-0.25, -0.2) is 0 Å². The molecule has 1 saturated heterocycles. The van der Waals surface area contributed by atoms with Gasteiger partial charge in [-0.05, 0) is 31.4 Å². The molecular weight excluding hydrogens is 280 g/mol. The molecule has 20 heavy (non-hydrogen) atoms. The van der Waals surface area contributed by atoms with Crippen LogP contribution in [0, 0.1) is 6.92 Å². The topological polar surface area (TPSA) is 83.6 Å². The second kappa shape index (κ2) is 5.42. The minimum atomic E-state index is -1.65. The molecule has 1 aromatic carbocycles. The number of nitrogens with zero attached hydrogens (tertiary/aromatic N) is 1. The van der Waals surface area contributed by atoms with E-state index in [1.165, 1.54) is 4.90 Å². The first-order chi connectivity index (χ1) is 9.35. The first-order valence-electron chi connectivity index (χ1n) is 6.42. The molecule has 1 heterocycles. The molecule has 0 aromatic heterocycles. The van der Waals surface area contributed by atoms with E-state index in [1.54, 1.807) is 12.1 Å². The smallest absolute Gasteiger partial charge is 0.255 e. The number of likely N-dealkylation sites (tertiary alicyclic amines) is 1. The maximum absolute atomic E-state index is 12.5. The highest BCUT2D eigenvalue weighted by atomic mass is 35.5. The molecular formula is C14H17ClN2O3. The van der Waals surface area contributed by atoms with Gasteiger partial charge in [-0.1, -0.05) is 23.7 Å². The first kappa shape index (κ1) is 14.8. The van der Waals surface area contributed by atoms with Gasteiger partial charge >= 0.3 is 0 Å². The molecule has 3 N–H and O–H groups in total. The van der Waals surface area contributed by atoms with Crippen LogP contribution in [0.2, 0.25) is 5.02 Å². The summed E-state index contributed by atoms with van der Waals surface area (Å²) in [7, 11) is 0. The van der Waals surface area contributed by atoms with Gasteiger partial charge in [0.05, 0.1) is 17.1 Å². The zero-order valence-corrected chi connectivity index (χ0v) is 12.0. The lowest BCUT2D eigenvalue weighted by Crippen LogP contribution is -2.57. The number of primary amides is 1. The SMILES string of the molecule is Cc1cccc(C(=O)N2CCCC(O)(C(N)=O)C2)c1Cl. The van der Waals surface area contributed by atoms with Crippen molar-refractivity contribution in [3.63, 3.8) is 0 Å². The number of rotatable bonds is 2. The predicted molar refractivity (Wildman–Crippen MR) is 75.5 cm³/mol. The molecule has 108 valence electrons. The standard InChI is InChI=1S/C14H17ClN2O3/c1-9-4-2-5-10(11(9)15)12(18)17-7-3-6-14(20,8-17)13(16)19/h2,4-5,20H,3,6-8H2,1H3,(H2,16,19). The van der Waals surface area contributed by atoms with Crippen molar-refractivity contribution in [2.45, 2.75) is 25.4 Å². The summed E-state index contributed by atoms with van der Waals surface area (Å²) in [4.78, 5) is 25.2. The minimum absolute atomic E-state index is 0.0918. The highest BCUT2D eigenvalue weighted by molar-refractivity contribution is 6.34. The molecule has 0 bridgehead atoms. The Morgan fingerprint density at radius 3 is 2.80 bits per heavy atom. The van der Waals surface area contributed by atoms with Crippen molar-refractivity contribution in [3.05, 3.63) is 34.3 Å². The number of piperidine rings is 1. The lowest BCUT2D eigenvalue weighted by atomic mass is 9.91. The van der Waals surface area contributed by atoms with Crippen molar-refractivity contribution in [2.75, 3.05) is 13.1 Å². The third kappa shape index (κ3) is 2.64. The van der Waals surface area contributed by atoms with Gasteiger partial charge in [0, 0.05) is 6.54 Å². The van der Waals surface area contributed by atoms with Crippen LogP contribution < -0.4 is 5.73 Å². The second-order valence-electron chi connectivity index (χ2n) is 5.16. The molecule has 1 unspecified atom stereocenters. The number of amides is 2. The van der Waals surface area contributed by atoms with Gasteiger partial charge in [0.1, 0.15) is 0 Å². The highest BCUT2D eigenvalue weighted by Gasteiger charge is 2.40. The summed E-state index contributed by atoms with van der Waals surface area (Å²) in [5, 5.41) is 10.5. The number of carbonyl (C=O) groups is 2. The Balaban J connectivity index is 2.25. The summed E-state index contributed by atoms with van der Waals surface area (Å²) in [6.07, 6.45) is 0.794. The van der Waals surface area contributed by atoms with Crippen molar-refractivity contribution >= 4 is 23.4 Å². The van der Waals surface area contributed by atoms with E-state index in [4.69, 9.17) is 17.3 Å². The van der Waals surface area contributed by atoms with E-state index in [-0.39, 0.29) is 18.9 Å². The maximum atomic E-state index is 12.5. The number of hydrogen-bond donors (Lipinski definition) is 2. The van der Waals surface area contributed by atoms with Crippen LogP contribution in [0.5, 0.6) is 0 Å². The molecule has 0 aliphatic carbocycles. The molecule has 6 heteroatoms. The Morgan fingerprint density at radius 2 is 2.15 bits per heavy atom. The van der Waals surface area contributed by atoms with Crippen LogP contribution in [0.25, 0.3) is 0 Å². The van der Waals surface area contributed by atoms with Gasteiger partial charge in [0.2, 0.25) is 0 Å². The Labute approximate surface area is 122 Å². The number of benzene rings is 1. The van der Waals surface area contributed by atoms with Crippen LogP contribution >= 0.6 is 11.6 Å². The second-order valence-corrected chi connectivity index (χ2v) is 5.54. The monoisotopic (exact) mass is 296 g/mol. The van der Waals surface area contributed by atoms with Crippen LogP contribution in [0.1, 0.15) is 28.8 Å². The molecule has 1 fully saturated rings. The van der Waals surface area contributed by atoms with E-state index < -0.39 is 11.5 Å². The van der Waals surface area contributed by atoms with Gasteiger partial charge in [0.15, 0.2) is 5.60 Å². The third-order valence-corrected chi connectivity index (χ3v) is 4.14. The van der Waals surface area contributed by atoms with E-state index in [0.717, 1.165) is 5.56 Å². The number of nitrogens with two attached hydrogens (primary N) is 1. The molecule has 0 spiro atoms. The number of β-amino-alcohol motifs (C(OH)–C–C–N with tert-alkyl or cyclic N) is 1. The number of aliphatic hydroxyl groups is 1. The van der Waals surface area contributed by atoms with E-state index in [2.05, 4.69) is 0 Å². The van der Waals surface area contributed by atoms with E-state index in [1.807, 2.05) is 13.0 Å². The quantitative estimate of drug-likeness (QED) is 0.857. The van der Waals surface area contributed by atoms with Crippen molar-refractivity contribution in [2.24, 2.45) is 5.73 Å². The number of carbonyl (C=O) groups excluding carboxylic acids is 2. The summed E-state index contributed by atoms with van der Waals surface area (Å²) < 4.78 is 0. The van der Waals surface area contributed by atoms with Crippen LogP contribution in [0.3, 0.4) is 0 Å². The maximum Gasteiger partial charge on any atom is 0.255 e. The molecule has 1 aromatic rings. The molecule has 1 atom stereocenters. The highest BCUT2D eigenvalue weighted by Crippen LogP contribution is 2.26. The van der Waals surface area contributed by atoms with Gasteiger partial charge in [0.25, 0.3) is 11.8 Å². The molecule has 1 aliphatic heterocycles. The van der Waals surface area contributed by atoms with Crippen molar-refractivity contribution in [1.29, 1.82) is 0 Å². The Bertz CT molecular complexity index is 561. The fraction of sp³-hybridized carbons (Fsp3) is 0.429. The van der Waals surface area contributed by atoms with E-state index in [0.29, 0.717) is 23.6 Å². The fourth-order valence-electron chi connectivity index (χ4n) is 2.39.